The van der Waals surface area contributed by atoms with E-state index in [4.69, 9.17) is 17.0 Å². The minimum atomic E-state index is -0.783. The van der Waals surface area contributed by atoms with Gasteiger partial charge in [0.1, 0.15) is 11.3 Å². The average Bonchev–Trinajstić information content (AvgIpc) is 3.35. The zero-order chi connectivity index (χ0) is 21.8. The molecule has 2 aliphatic rings. The second kappa shape index (κ2) is 7.35. The number of likely N-dealkylation sites (tertiary alicyclic amines) is 1. The maximum Gasteiger partial charge on any atom is 0.261 e. The summed E-state index contributed by atoms with van der Waals surface area (Å²) in [5.74, 6) is 0.770. The smallest absolute Gasteiger partial charge is 0.261 e. The Morgan fingerprint density at radius 3 is 2.65 bits per heavy atom. The van der Waals surface area contributed by atoms with E-state index in [0.717, 1.165) is 18.0 Å². The largest absolute Gasteiger partial charge is 0.494 e. The fourth-order valence-corrected chi connectivity index (χ4v) is 5.48. The molecule has 1 spiro atoms. The maximum absolute atomic E-state index is 13.9. The van der Waals surface area contributed by atoms with Crippen LogP contribution in [0.15, 0.2) is 54.7 Å². The van der Waals surface area contributed by atoms with Crippen molar-refractivity contribution in [2.75, 3.05) is 31.6 Å². The lowest BCUT2D eigenvalue weighted by Crippen LogP contribution is -2.52. The summed E-state index contributed by atoms with van der Waals surface area (Å²) in [5.41, 5.74) is 2.32. The van der Waals surface area contributed by atoms with Gasteiger partial charge in [0, 0.05) is 43.2 Å². The molecule has 0 radical (unpaired) electrons. The molecule has 1 aromatic heterocycles. The molecule has 3 aromatic rings. The first-order valence-corrected chi connectivity index (χ1v) is 11.0. The monoisotopic (exact) mass is 434 g/mol. The lowest BCUT2D eigenvalue weighted by atomic mass is 9.81. The summed E-state index contributed by atoms with van der Waals surface area (Å²) in [5, 5.41) is 5.08. The highest BCUT2D eigenvalue weighted by atomic mass is 32.1. The molecule has 0 aliphatic carbocycles. The van der Waals surface area contributed by atoms with Crippen LogP contribution in [0.3, 0.4) is 0 Å². The number of fused-ring (bicyclic) bond motifs is 1. The second-order valence-corrected chi connectivity index (χ2v) is 8.82. The maximum atomic E-state index is 13.9. The first kappa shape index (κ1) is 20.0. The van der Waals surface area contributed by atoms with Crippen LogP contribution in [0.1, 0.15) is 18.4 Å². The van der Waals surface area contributed by atoms with Gasteiger partial charge < -0.3 is 19.5 Å². The number of rotatable bonds is 4. The van der Waals surface area contributed by atoms with Crippen molar-refractivity contribution in [1.82, 2.24) is 14.8 Å². The molecule has 1 N–H and O–H groups in total. The number of carbonyl (C=O) groups excluding carboxylic acids is 1. The number of ether oxygens (including phenoxy) is 1. The predicted molar refractivity (Wildman–Crippen MR) is 127 cm³/mol. The molecule has 6 nitrogen and oxygen atoms in total. The van der Waals surface area contributed by atoms with E-state index in [2.05, 4.69) is 53.3 Å². The summed E-state index contributed by atoms with van der Waals surface area (Å²) in [6.45, 7) is 3.94. The fourth-order valence-electron chi connectivity index (χ4n) is 5.11. The van der Waals surface area contributed by atoms with Gasteiger partial charge in [-0.2, -0.15) is 0 Å². The predicted octanol–water partition coefficient (Wildman–Crippen LogP) is 3.27. The van der Waals surface area contributed by atoms with Crippen LogP contribution in [0, 0.1) is 0 Å². The summed E-state index contributed by atoms with van der Waals surface area (Å²) >= 11 is 5.67. The minimum Gasteiger partial charge on any atom is -0.494 e. The molecule has 2 atom stereocenters. The van der Waals surface area contributed by atoms with Crippen LogP contribution < -0.4 is 15.0 Å². The van der Waals surface area contributed by atoms with Crippen molar-refractivity contribution in [1.29, 1.82) is 0 Å². The minimum absolute atomic E-state index is 0.00365. The molecule has 160 valence electrons. The Kier molecular flexibility index (Phi) is 4.75. The molecule has 2 aliphatic heterocycles. The quantitative estimate of drug-likeness (QED) is 0.639. The fraction of sp³-hybridized carbons (Fsp3) is 0.333. The third-order valence-electron chi connectivity index (χ3n) is 6.44. The van der Waals surface area contributed by atoms with Crippen molar-refractivity contribution in [2.45, 2.75) is 18.4 Å². The van der Waals surface area contributed by atoms with E-state index >= 15 is 0 Å². The van der Waals surface area contributed by atoms with Crippen molar-refractivity contribution in [3.63, 3.8) is 0 Å². The number of aromatic nitrogens is 1. The molecule has 2 fully saturated rings. The number of likely N-dealkylation sites (N-methyl/N-ethyl adjacent to an activating group) is 1. The highest BCUT2D eigenvalue weighted by Crippen LogP contribution is 2.43. The zero-order valence-corrected chi connectivity index (χ0v) is 18.8. The third-order valence-corrected chi connectivity index (χ3v) is 6.72. The standard InChI is InChI=1S/C24H26N4O2S/c1-4-30-17-11-9-16(10-12-17)28-22(29)24(25-23(28)31)15-26(2)14-20(24)19-13-27(3)21-8-6-5-7-18(19)21/h5-13,20H,4,14-15H2,1-3H3,(H,25,31)/t20-,24-/m0/s1. The number of nitrogens with zero attached hydrogens (tertiary/aromatic N) is 3. The number of hydrogen-bond acceptors (Lipinski definition) is 4. The average molecular weight is 435 g/mol. The van der Waals surface area contributed by atoms with E-state index in [1.807, 2.05) is 37.3 Å². The van der Waals surface area contributed by atoms with E-state index in [9.17, 15) is 4.79 Å². The molecule has 31 heavy (non-hydrogen) atoms. The highest BCUT2D eigenvalue weighted by molar-refractivity contribution is 7.80. The number of aryl methyl sites for hydroxylation is 1. The second-order valence-electron chi connectivity index (χ2n) is 8.43. The molecule has 7 heteroatoms. The van der Waals surface area contributed by atoms with E-state index in [0.29, 0.717) is 18.3 Å². The van der Waals surface area contributed by atoms with Gasteiger partial charge in [0.2, 0.25) is 0 Å². The molecule has 0 unspecified atom stereocenters. The van der Waals surface area contributed by atoms with Gasteiger partial charge in [-0.05, 0) is 62.1 Å². The summed E-state index contributed by atoms with van der Waals surface area (Å²) < 4.78 is 7.68. The first-order chi connectivity index (χ1) is 14.9. The van der Waals surface area contributed by atoms with Crippen LogP contribution in [0.2, 0.25) is 0 Å². The van der Waals surface area contributed by atoms with Crippen LogP contribution in [0.25, 0.3) is 10.9 Å². The number of thiocarbonyl (C=S) groups is 1. The van der Waals surface area contributed by atoms with E-state index in [1.165, 1.54) is 16.5 Å². The number of anilines is 1. The van der Waals surface area contributed by atoms with Crippen LogP contribution in [0.5, 0.6) is 5.75 Å². The lowest BCUT2D eigenvalue weighted by molar-refractivity contribution is -0.122. The number of amides is 1. The Morgan fingerprint density at radius 2 is 1.90 bits per heavy atom. The van der Waals surface area contributed by atoms with Crippen LogP contribution in [-0.2, 0) is 11.8 Å². The van der Waals surface area contributed by atoms with Crippen molar-refractivity contribution >= 4 is 39.8 Å². The van der Waals surface area contributed by atoms with Crippen LogP contribution >= 0.6 is 12.2 Å². The van der Waals surface area contributed by atoms with Gasteiger partial charge >= 0.3 is 0 Å². The molecular formula is C24H26N4O2S. The molecule has 1 amide bonds. The van der Waals surface area contributed by atoms with Gasteiger partial charge in [-0.3, -0.25) is 9.69 Å². The Balaban J connectivity index is 1.56. The van der Waals surface area contributed by atoms with Crippen molar-refractivity contribution in [3.05, 3.63) is 60.3 Å². The number of para-hydroxylation sites is 1. The van der Waals surface area contributed by atoms with Gasteiger partial charge in [0.25, 0.3) is 5.91 Å². The normalized spacial score (nSPS) is 23.8. The number of nitrogens with one attached hydrogen (secondary N) is 1. The zero-order valence-electron chi connectivity index (χ0n) is 18.0. The van der Waals surface area contributed by atoms with Gasteiger partial charge in [-0.15, -0.1) is 0 Å². The van der Waals surface area contributed by atoms with Crippen molar-refractivity contribution < 1.29 is 9.53 Å². The van der Waals surface area contributed by atoms with Crippen LogP contribution in [0.4, 0.5) is 5.69 Å². The molecule has 0 saturated carbocycles. The number of carbonyl (C=O) groups is 1. The highest BCUT2D eigenvalue weighted by Gasteiger charge is 2.59. The van der Waals surface area contributed by atoms with Gasteiger partial charge in [-0.25, -0.2) is 0 Å². The lowest BCUT2D eigenvalue weighted by Gasteiger charge is -2.28. The summed E-state index contributed by atoms with van der Waals surface area (Å²) in [6.07, 6.45) is 2.16. The summed E-state index contributed by atoms with van der Waals surface area (Å²) in [6, 6.07) is 15.9. The van der Waals surface area contributed by atoms with Gasteiger partial charge in [-0.1, -0.05) is 18.2 Å². The van der Waals surface area contributed by atoms with Crippen LogP contribution in [-0.4, -0.2) is 52.8 Å². The van der Waals surface area contributed by atoms with Crippen molar-refractivity contribution in [2.24, 2.45) is 7.05 Å². The molecular weight excluding hydrogens is 408 g/mol. The Labute approximate surface area is 187 Å². The molecule has 2 saturated heterocycles. The number of benzene rings is 2. The van der Waals surface area contributed by atoms with Crippen molar-refractivity contribution in [3.8, 4) is 5.75 Å². The molecule has 0 bridgehead atoms. The van der Waals surface area contributed by atoms with E-state index in [-0.39, 0.29) is 11.8 Å². The molecule has 3 heterocycles. The summed E-state index contributed by atoms with van der Waals surface area (Å²) in [7, 11) is 4.11. The summed E-state index contributed by atoms with van der Waals surface area (Å²) in [4.78, 5) is 17.8. The third kappa shape index (κ3) is 3.03. The SMILES string of the molecule is CCOc1ccc(N2C(=O)[C@@]3(CN(C)C[C@H]3c3cn(C)c4ccccc34)NC2=S)cc1. The van der Waals surface area contributed by atoms with E-state index < -0.39 is 5.54 Å². The van der Waals surface area contributed by atoms with Gasteiger partial charge in [0.05, 0.1) is 12.3 Å². The topological polar surface area (TPSA) is 49.7 Å². The molecule has 5 rings (SSSR count). The Morgan fingerprint density at radius 1 is 1.16 bits per heavy atom. The number of hydrogen-bond donors (Lipinski definition) is 1. The Hall–Kier alpha value is -2.90. The Bertz CT molecular complexity index is 1170. The molecule has 2 aromatic carbocycles. The van der Waals surface area contributed by atoms with Gasteiger partial charge in [0.15, 0.2) is 5.11 Å². The van der Waals surface area contributed by atoms with E-state index in [1.54, 1.807) is 4.90 Å². The first-order valence-electron chi connectivity index (χ1n) is 10.6.